The number of azide groups is 2. The molecule has 0 amide bonds. The van der Waals surface area contributed by atoms with Gasteiger partial charge in [-0.05, 0) is 23.2 Å². The van der Waals surface area contributed by atoms with Crippen molar-refractivity contribution in [3.63, 3.8) is 0 Å². The SMILES string of the molecule is [N-]=[N+]=NC1=CC(=O)C(S(=O)(=O)Cl)=CC1(O)N=[N+]=[N-]. The first kappa shape index (κ1) is 14.0. The van der Waals surface area contributed by atoms with Crippen LogP contribution in [0.4, 0.5) is 0 Å². The summed E-state index contributed by atoms with van der Waals surface area (Å²) in [6, 6.07) is 0. The van der Waals surface area contributed by atoms with Gasteiger partial charge in [-0.15, -0.1) is 0 Å². The molecule has 1 aliphatic rings. The van der Waals surface area contributed by atoms with Crippen LogP contribution in [0.5, 0.6) is 0 Å². The van der Waals surface area contributed by atoms with Gasteiger partial charge in [-0.3, -0.25) is 4.79 Å². The fourth-order valence-corrected chi connectivity index (χ4v) is 2.08. The predicted molar refractivity (Wildman–Crippen MR) is 59.2 cm³/mol. The van der Waals surface area contributed by atoms with Crippen LogP contribution in [0.2, 0.25) is 0 Å². The highest BCUT2D eigenvalue weighted by Gasteiger charge is 2.37. The first-order valence-corrected chi connectivity index (χ1v) is 6.33. The van der Waals surface area contributed by atoms with Gasteiger partial charge in [-0.2, -0.15) is 0 Å². The van der Waals surface area contributed by atoms with E-state index < -0.39 is 31.2 Å². The molecule has 94 valence electrons. The number of aliphatic hydroxyl groups is 1. The second-order valence-corrected chi connectivity index (χ2v) is 5.48. The van der Waals surface area contributed by atoms with E-state index in [2.05, 4.69) is 20.1 Å². The van der Waals surface area contributed by atoms with Crippen LogP contribution in [0.15, 0.2) is 33.0 Å². The molecule has 0 aliphatic heterocycles. The molecular formula is C6H3ClN6O4S. The normalized spacial score (nSPS) is 23.3. The van der Waals surface area contributed by atoms with Crippen molar-refractivity contribution in [1.29, 1.82) is 0 Å². The number of hydrogen-bond donors (Lipinski definition) is 1. The molecule has 0 aromatic heterocycles. The quantitative estimate of drug-likeness (QED) is 0.356. The minimum atomic E-state index is -4.44. The Morgan fingerprint density at radius 2 is 2.00 bits per heavy atom. The Labute approximate surface area is 104 Å². The molecule has 0 radical (unpaired) electrons. The Hall–Kier alpha value is -2.03. The van der Waals surface area contributed by atoms with Crippen LogP contribution < -0.4 is 0 Å². The maximum Gasteiger partial charge on any atom is 0.264 e. The van der Waals surface area contributed by atoms with E-state index in [0.29, 0.717) is 12.2 Å². The molecule has 1 rings (SSSR count). The molecule has 0 fully saturated rings. The van der Waals surface area contributed by atoms with E-state index in [0.717, 1.165) is 0 Å². The number of nitrogens with zero attached hydrogens (tertiary/aromatic N) is 6. The molecule has 18 heavy (non-hydrogen) atoms. The lowest BCUT2D eigenvalue weighted by Crippen LogP contribution is -2.31. The molecule has 10 nitrogen and oxygen atoms in total. The van der Waals surface area contributed by atoms with Crippen molar-refractivity contribution in [3.05, 3.63) is 43.6 Å². The Bertz CT molecular complexity index is 668. The monoisotopic (exact) mass is 290 g/mol. The third kappa shape index (κ3) is 2.62. The van der Waals surface area contributed by atoms with Gasteiger partial charge in [0.2, 0.25) is 0 Å². The number of allylic oxidation sites excluding steroid dienone is 2. The summed E-state index contributed by atoms with van der Waals surface area (Å²) in [5.74, 6) is -1.11. The summed E-state index contributed by atoms with van der Waals surface area (Å²) in [4.78, 5) is 15.0. The van der Waals surface area contributed by atoms with E-state index in [1.54, 1.807) is 0 Å². The van der Waals surface area contributed by atoms with Crippen molar-refractivity contribution >= 4 is 25.5 Å². The lowest BCUT2D eigenvalue weighted by Gasteiger charge is -2.22. The molecule has 0 saturated carbocycles. The van der Waals surface area contributed by atoms with Crippen molar-refractivity contribution in [1.82, 2.24) is 0 Å². The summed E-state index contributed by atoms with van der Waals surface area (Å²) >= 11 is 0. The van der Waals surface area contributed by atoms with Crippen LogP contribution in [0, 0.1) is 0 Å². The molecule has 0 saturated heterocycles. The van der Waals surface area contributed by atoms with Crippen LogP contribution in [0.25, 0.3) is 20.9 Å². The Morgan fingerprint density at radius 1 is 1.39 bits per heavy atom. The third-order valence-corrected chi connectivity index (χ3v) is 3.18. The third-order valence-electron chi connectivity index (χ3n) is 1.83. The zero-order valence-corrected chi connectivity index (χ0v) is 9.87. The highest BCUT2D eigenvalue weighted by molar-refractivity contribution is 8.17. The Morgan fingerprint density at radius 3 is 2.44 bits per heavy atom. The Balaban J connectivity index is 3.56. The summed E-state index contributed by atoms with van der Waals surface area (Å²) in [6.45, 7) is 0. The highest BCUT2D eigenvalue weighted by Crippen LogP contribution is 2.31. The van der Waals surface area contributed by atoms with Gasteiger partial charge in [0.15, 0.2) is 11.5 Å². The van der Waals surface area contributed by atoms with Gasteiger partial charge in [0.05, 0.1) is 5.70 Å². The van der Waals surface area contributed by atoms with Crippen molar-refractivity contribution < 1.29 is 18.3 Å². The van der Waals surface area contributed by atoms with Crippen molar-refractivity contribution in [3.8, 4) is 0 Å². The largest absolute Gasteiger partial charge is 0.375 e. The van der Waals surface area contributed by atoms with Gasteiger partial charge in [0.1, 0.15) is 4.91 Å². The number of ketones is 1. The van der Waals surface area contributed by atoms with Crippen LogP contribution in [0.1, 0.15) is 0 Å². The summed E-state index contributed by atoms with van der Waals surface area (Å²) < 4.78 is 22.1. The van der Waals surface area contributed by atoms with Gasteiger partial charge in [-0.25, -0.2) is 8.42 Å². The average molecular weight is 291 g/mol. The average Bonchev–Trinajstić information content (AvgIpc) is 2.22. The zero-order chi connectivity index (χ0) is 14.0. The predicted octanol–water partition coefficient (Wildman–Crippen LogP) is 1.21. The van der Waals surface area contributed by atoms with E-state index in [-0.39, 0.29) is 0 Å². The van der Waals surface area contributed by atoms with Crippen LogP contribution >= 0.6 is 10.7 Å². The van der Waals surface area contributed by atoms with Crippen LogP contribution in [0.3, 0.4) is 0 Å². The fourth-order valence-electron chi connectivity index (χ4n) is 1.12. The molecule has 0 bridgehead atoms. The summed E-state index contributed by atoms with van der Waals surface area (Å²) in [5, 5.41) is 15.6. The number of carbonyl (C=O) groups excluding carboxylic acids is 1. The smallest absolute Gasteiger partial charge is 0.264 e. The molecule has 1 N–H and O–H groups in total. The van der Waals surface area contributed by atoms with Gasteiger partial charge in [-0.1, -0.05) is 10.2 Å². The minimum Gasteiger partial charge on any atom is -0.375 e. The maximum atomic E-state index is 11.4. The molecule has 0 heterocycles. The fraction of sp³-hybridized carbons (Fsp3) is 0.167. The molecule has 0 aromatic rings. The van der Waals surface area contributed by atoms with Crippen molar-refractivity contribution in [2.75, 3.05) is 0 Å². The van der Waals surface area contributed by atoms with Gasteiger partial charge in [0, 0.05) is 20.5 Å². The van der Waals surface area contributed by atoms with E-state index in [9.17, 15) is 18.3 Å². The van der Waals surface area contributed by atoms with E-state index in [1.807, 2.05) is 0 Å². The topological polar surface area (TPSA) is 169 Å². The molecule has 0 spiro atoms. The highest BCUT2D eigenvalue weighted by atomic mass is 35.7. The van der Waals surface area contributed by atoms with Crippen LogP contribution in [-0.4, -0.2) is 25.0 Å². The molecule has 1 unspecified atom stereocenters. The first-order valence-electron chi connectivity index (χ1n) is 4.02. The van der Waals surface area contributed by atoms with Gasteiger partial charge >= 0.3 is 0 Å². The summed E-state index contributed by atoms with van der Waals surface area (Å²) in [7, 11) is 0.522. The molecule has 0 aromatic carbocycles. The second-order valence-electron chi connectivity index (χ2n) is 2.95. The molecule has 1 aliphatic carbocycles. The Kier molecular flexibility index (Phi) is 3.65. The van der Waals surface area contributed by atoms with E-state index in [1.165, 1.54) is 0 Å². The molecule has 12 heteroatoms. The lowest BCUT2D eigenvalue weighted by atomic mass is 10.0. The number of hydrogen-bond acceptors (Lipinski definition) is 6. The molecule has 1 atom stereocenters. The van der Waals surface area contributed by atoms with Gasteiger partial charge < -0.3 is 5.11 Å². The van der Waals surface area contributed by atoms with E-state index in [4.69, 9.17) is 21.7 Å². The summed E-state index contributed by atoms with van der Waals surface area (Å²) in [5.41, 5.74) is 13.2. The van der Waals surface area contributed by atoms with Crippen molar-refractivity contribution in [2.24, 2.45) is 10.2 Å². The van der Waals surface area contributed by atoms with Crippen molar-refractivity contribution in [2.45, 2.75) is 5.72 Å². The molecular weight excluding hydrogens is 288 g/mol. The minimum absolute atomic E-state index is 0.404. The number of rotatable bonds is 3. The summed E-state index contributed by atoms with van der Waals surface area (Å²) in [6.07, 6.45) is 0.922. The number of halogens is 1. The second kappa shape index (κ2) is 4.69. The maximum absolute atomic E-state index is 11.4. The number of carbonyl (C=O) groups is 1. The first-order chi connectivity index (χ1) is 8.24. The van der Waals surface area contributed by atoms with E-state index >= 15 is 0 Å². The van der Waals surface area contributed by atoms with Gasteiger partial charge in [0.25, 0.3) is 9.05 Å². The lowest BCUT2D eigenvalue weighted by molar-refractivity contribution is -0.111. The standard InChI is InChI=1S/C6H3ClN6O4S/c7-18(16,17)4-2-6(15,11-13-9)5(10-12-8)1-3(4)14/h1-2,15H. The van der Waals surface area contributed by atoms with Crippen LogP contribution in [-0.2, 0) is 13.8 Å². The zero-order valence-electron chi connectivity index (χ0n) is 8.30.